The minimum Gasteiger partial charge on any atom is -0.480 e. The topological polar surface area (TPSA) is 112 Å². The fourth-order valence-electron chi connectivity index (χ4n) is 2.63. The van der Waals surface area contributed by atoms with Crippen molar-refractivity contribution in [1.82, 2.24) is 5.32 Å². The molecule has 1 atom stereocenters. The zero-order chi connectivity index (χ0) is 18.9. The lowest BCUT2D eigenvalue weighted by molar-refractivity contribution is -0.140. The van der Waals surface area contributed by atoms with Gasteiger partial charge in [-0.3, -0.25) is 4.79 Å². The second-order valence-electron chi connectivity index (χ2n) is 6.17. The second-order valence-corrected chi connectivity index (χ2v) is 6.17. The van der Waals surface area contributed by atoms with Crippen LogP contribution in [0.4, 0.5) is 0 Å². The summed E-state index contributed by atoms with van der Waals surface area (Å²) < 4.78 is 0. The highest BCUT2D eigenvalue weighted by Gasteiger charge is 2.20. The maximum Gasteiger partial charge on any atom is 0.320 e. The van der Waals surface area contributed by atoms with Gasteiger partial charge < -0.3 is 16.3 Å². The lowest BCUT2D eigenvalue weighted by atomic mass is 9.99. The number of aliphatic carboxylic acids is 1. The van der Waals surface area contributed by atoms with Crippen LogP contribution < -0.4 is 11.2 Å². The van der Waals surface area contributed by atoms with Gasteiger partial charge in [-0.1, -0.05) is 67.6 Å². The molecule has 136 valence electrons. The molecule has 0 fully saturated rings. The van der Waals surface area contributed by atoms with Crippen LogP contribution in [-0.2, 0) is 11.3 Å². The molecule has 0 saturated carbocycles. The molecule has 2 rings (SSSR count). The van der Waals surface area contributed by atoms with Crippen molar-refractivity contribution in [2.45, 2.75) is 26.4 Å². The Morgan fingerprint density at radius 2 is 1.88 bits per heavy atom. The lowest BCUT2D eigenvalue weighted by Crippen LogP contribution is -2.40. The number of carbonyl (C=O) groups is 1. The van der Waals surface area contributed by atoms with Crippen LogP contribution in [0.25, 0.3) is 11.1 Å². The lowest BCUT2D eigenvalue weighted by Gasteiger charge is -2.18. The van der Waals surface area contributed by atoms with E-state index in [-0.39, 0.29) is 5.92 Å². The van der Waals surface area contributed by atoms with Gasteiger partial charge in [-0.15, -0.1) is 5.10 Å². The molecule has 0 aliphatic heterocycles. The van der Waals surface area contributed by atoms with Crippen molar-refractivity contribution >= 4 is 12.2 Å². The smallest absolute Gasteiger partial charge is 0.320 e. The summed E-state index contributed by atoms with van der Waals surface area (Å²) in [4.78, 5) is 11.2. The summed E-state index contributed by atoms with van der Waals surface area (Å²) in [6.45, 7) is 4.27. The molecule has 2 aromatic carbocycles. The summed E-state index contributed by atoms with van der Waals surface area (Å²) in [6.07, 6.45) is 1.60. The summed E-state index contributed by atoms with van der Waals surface area (Å²) >= 11 is 0. The number of nitrogens with one attached hydrogen (secondary N) is 1. The average Bonchev–Trinajstić information content (AvgIpc) is 2.62. The number of carboxylic acid groups (broad SMARTS) is 1. The first-order chi connectivity index (χ1) is 12.5. The first-order valence-electron chi connectivity index (χ1n) is 8.30. The number of rotatable bonds is 8. The van der Waals surface area contributed by atoms with Crippen LogP contribution >= 0.6 is 0 Å². The predicted octanol–water partition coefficient (Wildman–Crippen LogP) is 3.21. The monoisotopic (exact) mass is 353 g/mol. The van der Waals surface area contributed by atoms with Crippen LogP contribution in [0.5, 0.6) is 0 Å². The van der Waals surface area contributed by atoms with Crippen molar-refractivity contribution in [3.63, 3.8) is 0 Å². The number of benzene rings is 2. The molecule has 4 N–H and O–H groups in total. The van der Waals surface area contributed by atoms with Gasteiger partial charge in [0.2, 0.25) is 0 Å². The molecule has 0 amide bonds. The first-order valence-corrected chi connectivity index (χ1v) is 8.30. The SMILES string of the molecule is CC(C)C(NCc1ccc(-c2ccccc2/C=N/N=N\N)cc1)C(=O)O. The van der Waals surface area contributed by atoms with Gasteiger partial charge in [0, 0.05) is 12.1 Å². The number of nitrogens with two attached hydrogens (primary N) is 1. The van der Waals surface area contributed by atoms with E-state index >= 15 is 0 Å². The Morgan fingerprint density at radius 1 is 1.19 bits per heavy atom. The molecule has 0 bridgehead atoms. The van der Waals surface area contributed by atoms with Crippen molar-refractivity contribution in [3.8, 4) is 11.1 Å². The van der Waals surface area contributed by atoms with Crippen molar-refractivity contribution in [1.29, 1.82) is 0 Å². The molecule has 0 heterocycles. The first kappa shape index (κ1) is 19.3. The third kappa shape index (κ3) is 5.22. The Morgan fingerprint density at radius 3 is 2.50 bits per heavy atom. The fourth-order valence-corrected chi connectivity index (χ4v) is 2.63. The Bertz CT molecular complexity index is 785. The van der Waals surface area contributed by atoms with Gasteiger partial charge in [-0.2, -0.15) is 0 Å². The third-order valence-corrected chi connectivity index (χ3v) is 3.98. The number of hydrogen-bond donors (Lipinski definition) is 3. The molecular weight excluding hydrogens is 330 g/mol. The Balaban J connectivity index is 2.14. The van der Waals surface area contributed by atoms with E-state index in [0.717, 1.165) is 22.3 Å². The number of carboxylic acids is 1. The van der Waals surface area contributed by atoms with Crippen LogP contribution in [0.2, 0.25) is 0 Å². The third-order valence-electron chi connectivity index (χ3n) is 3.98. The molecule has 7 nitrogen and oxygen atoms in total. The van der Waals surface area contributed by atoms with Crippen LogP contribution in [-0.4, -0.2) is 23.3 Å². The molecule has 0 saturated heterocycles. The second kappa shape index (κ2) is 9.43. The molecular formula is C19H23N5O2. The molecule has 0 spiro atoms. The summed E-state index contributed by atoms with van der Waals surface area (Å²) in [5.74, 6) is 4.13. The van der Waals surface area contributed by atoms with E-state index in [4.69, 9.17) is 5.84 Å². The van der Waals surface area contributed by atoms with Crippen LogP contribution in [0.3, 0.4) is 0 Å². The quantitative estimate of drug-likeness (QED) is 0.293. The Kier molecular flexibility index (Phi) is 6.99. The van der Waals surface area contributed by atoms with Crippen LogP contribution in [0, 0.1) is 5.92 Å². The molecule has 1 unspecified atom stereocenters. The van der Waals surface area contributed by atoms with Gasteiger partial charge in [0.05, 0.1) is 6.21 Å². The van der Waals surface area contributed by atoms with E-state index in [1.54, 1.807) is 6.21 Å². The van der Waals surface area contributed by atoms with Gasteiger partial charge in [0.15, 0.2) is 0 Å². The van der Waals surface area contributed by atoms with E-state index in [1.807, 2.05) is 62.4 Å². The van der Waals surface area contributed by atoms with E-state index < -0.39 is 12.0 Å². The highest BCUT2D eigenvalue weighted by molar-refractivity contribution is 5.90. The molecule has 0 radical (unpaired) electrons. The number of nitrogens with zero attached hydrogens (tertiary/aromatic N) is 3. The van der Waals surface area contributed by atoms with E-state index in [2.05, 4.69) is 20.9 Å². The van der Waals surface area contributed by atoms with Gasteiger partial charge in [0.1, 0.15) is 6.04 Å². The highest BCUT2D eigenvalue weighted by Crippen LogP contribution is 2.23. The largest absolute Gasteiger partial charge is 0.480 e. The highest BCUT2D eigenvalue weighted by atomic mass is 16.4. The van der Waals surface area contributed by atoms with E-state index in [0.29, 0.717) is 6.54 Å². The summed E-state index contributed by atoms with van der Waals surface area (Å²) in [5.41, 5.74) is 3.95. The summed E-state index contributed by atoms with van der Waals surface area (Å²) in [6, 6.07) is 15.2. The molecule has 26 heavy (non-hydrogen) atoms. The standard InChI is InChI=1S/C19H23N5O2/c1-13(2)18(19(25)26)21-11-14-7-9-15(10-8-14)17-6-4-3-5-16(17)12-22-24-23-20/h3-10,12-13,18,21H,11H2,1-2H3,(H2,20,24)(H,25,26)/b22-12+. The Hall–Kier alpha value is -3.06. The zero-order valence-electron chi connectivity index (χ0n) is 14.8. The molecule has 0 aliphatic carbocycles. The van der Waals surface area contributed by atoms with Crippen molar-refractivity contribution in [2.24, 2.45) is 27.3 Å². The van der Waals surface area contributed by atoms with Gasteiger partial charge in [-0.25, -0.2) is 0 Å². The summed E-state index contributed by atoms with van der Waals surface area (Å²) in [5, 5.41) is 22.6. The van der Waals surface area contributed by atoms with Gasteiger partial charge in [0.25, 0.3) is 0 Å². The van der Waals surface area contributed by atoms with Crippen LogP contribution in [0.1, 0.15) is 25.0 Å². The van der Waals surface area contributed by atoms with Crippen molar-refractivity contribution in [2.75, 3.05) is 0 Å². The van der Waals surface area contributed by atoms with Gasteiger partial charge in [-0.05, 0) is 27.8 Å². The normalized spacial score (nSPS) is 12.9. The summed E-state index contributed by atoms with van der Waals surface area (Å²) in [7, 11) is 0. The Labute approximate surface area is 152 Å². The molecule has 2 aromatic rings. The van der Waals surface area contributed by atoms with Gasteiger partial charge >= 0.3 is 5.97 Å². The van der Waals surface area contributed by atoms with Crippen molar-refractivity contribution < 1.29 is 9.90 Å². The minimum absolute atomic E-state index is 0.0172. The molecule has 7 heteroatoms. The minimum atomic E-state index is -0.834. The number of hydrogen-bond acceptors (Lipinski definition) is 4. The maximum absolute atomic E-state index is 11.2. The maximum atomic E-state index is 11.2. The fraction of sp³-hybridized carbons (Fsp3) is 0.263. The molecule has 0 aliphatic rings. The molecule has 0 aromatic heterocycles. The van der Waals surface area contributed by atoms with Crippen LogP contribution in [0.15, 0.2) is 64.1 Å². The predicted molar refractivity (Wildman–Crippen MR) is 102 cm³/mol. The average molecular weight is 353 g/mol. The van der Waals surface area contributed by atoms with E-state index in [9.17, 15) is 9.90 Å². The van der Waals surface area contributed by atoms with Crippen molar-refractivity contribution in [3.05, 3.63) is 59.7 Å². The zero-order valence-corrected chi connectivity index (χ0v) is 14.8. The van der Waals surface area contributed by atoms with E-state index in [1.165, 1.54) is 0 Å².